The fourth-order valence-corrected chi connectivity index (χ4v) is 5.07. The van der Waals surface area contributed by atoms with Gasteiger partial charge in [-0.15, -0.1) is 0 Å². The Morgan fingerprint density at radius 1 is 1.00 bits per heavy atom. The standard InChI is InChI=1S/C33H31N5O3/c1-23-30-28(40-20-8-17-35-22-24-9-7-16-34-21-24)13-6-14-29(30)41-32(23)31(39)33-37-26-11-2-3-12-27(26)38(33)19-15-25-10-4-5-18-36-25/h2-7,9-14,16,18,21,35H,8,15,17,19-20,22H2,1H3. The number of ether oxygens (including phenoxy) is 1. The van der Waals surface area contributed by atoms with Crippen LogP contribution in [-0.4, -0.2) is 38.5 Å². The van der Waals surface area contributed by atoms with Gasteiger partial charge in [-0.1, -0.05) is 30.3 Å². The van der Waals surface area contributed by atoms with Crippen LogP contribution in [0.3, 0.4) is 0 Å². The van der Waals surface area contributed by atoms with Crippen LogP contribution in [0.2, 0.25) is 0 Å². The Kier molecular flexibility index (Phi) is 7.82. The van der Waals surface area contributed by atoms with Crippen LogP contribution in [0.5, 0.6) is 5.75 Å². The molecule has 0 radical (unpaired) electrons. The maximum absolute atomic E-state index is 14.0. The highest BCUT2D eigenvalue weighted by Gasteiger charge is 2.26. The van der Waals surface area contributed by atoms with E-state index in [0.717, 1.165) is 52.8 Å². The van der Waals surface area contributed by atoms with Gasteiger partial charge in [0.25, 0.3) is 5.78 Å². The van der Waals surface area contributed by atoms with Crippen LogP contribution in [0, 0.1) is 6.92 Å². The van der Waals surface area contributed by atoms with Gasteiger partial charge < -0.3 is 19.0 Å². The Morgan fingerprint density at radius 2 is 1.90 bits per heavy atom. The molecule has 2 aromatic carbocycles. The van der Waals surface area contributed by atoms with Gasteiger partial charge in [0.05, 0.1) is 23.0 Å². The first-order valence-corrected chi connectivity index (χ1v) is 13.8. The number of para-hydroxylation sites is 2. The van der Waals surface area contributed by atoms with E-state index in [1.54, 1.807) is 12.4 Å². The summed E-state index contributed by atoms with van der Waals surface area (Å²) in [6.07, 6.45) is 6.92. The lowest BCUT2D eigenvalue weighted by atomic mass is 10.1. The van der Waals surface area contributed by atoms with Crippen molar-refractivity contribution in [3.8, 4) is 5.75 Å². The maximum Gasteiger partial charge on any atom is 0.263 e. The van der Waals surface area contributed by atoms with Crippen LogP contribution < -0.4 is 10.1 Å². The first-order chi connectivity index (χ1) is 20.2. The summed E-state index contributed by atoms with van der Waals surface area (Å²) in [4.78, 5) is 27.3. The van der Waals surface area contributed by atoms with Gasteiger partial charge in [-0.25, -0.2) is 4.98 Å². The van der Waals surface area contributed by atoms with Gasteiger partial charge in [0.1, 0.15) is 11.3 Å². The van der Waals surface area contributed by atoms with Crippen molar-refractivity contribution in [2.75, 3.05) is 13.2 Å². The van der Waals surface area contributed by atoms with E-state index in [0.29, 0.717) is 36.7 Å². The number of hydrogen-bond donors (Lipinski definition) is 1. The predicted molar refractivity (Wildman–Crippen MR) is 158 cm³/mol. The second kappa shape index (κ2) is 12.1. The third-order valence-corrected chi connectivity index (χ3v) is 7.10. The molecule has 0 fully saturated rings. The second-order valence-corrected chi connectivity index (χ2v) is 9.90. The summed E-state index contributed by atoms with van der Waals surface area (Å²) in [5, 5.41) is 4.23. The minimum atomic E-state index is -0.249. The van der Waals surface area contributed by atoms with Gasteiger partial charge in [0, 0.05) is 49.4 Å². The first kappa shape index (κ1) is 26.4. The van der Waals surface area contributed by atoms with Gasteiger partial charge in [-0.2, -0.15) is 0 Å². The number of ketones is 1. The van der Waals surface area contributed by atoms with Crippen LogP contribution in [-0.2, 0) is 19.5 Å². The minimum Gasteiger partial charge on any atom is -0.493 e. The molecule has 4 aromatic heterocycles. The Hall–Kier alpha value is -4.82. The van der Waals surface area contributed by atoms with E-state index in [9.17, 15) is 4.79 Å². The van der Waals surface area contributed by atoms with Gasteiger partial charge in [-0.3, -0.25) is 14.8 Å². The van der Waals surface area contributed by atoms with Gasteiger partial charge in [-0.05, 0) is 67.9 Å². The third kappa shape index (κ3) is 5.73. The summed E-state index contributed by atoms with van der Waals surface area (Å²) in [6, 6.07) is 23.3. The number of rotatable bonds is 12. The number of imidazole rings is 1. The molecule has 8 nitrogen and oxygen atoms in total. The number of pyridine rings is 2. The molecule has 4 heterocycles. The van der Waals surface area contributed by atoms with Crippen LogP contribution in [0.25, 0.3) is 22.0 Å². The Labute approximate surface area is 238 Å². The highest BCUT2D eigenvalue weighted by Crippen LogP contribution is 2.34. The zero-order chi connectivity index (χ0) is 28.0. The van der Waals surface area contributed by atoms with E-state index in [4.69, 9.17) is 14.1 Å². The topological polar surface area (TPSA) is 95.1 Å². The second-order valence-electron chi connectivity index (χ2n) is 9.90. The molecular weight excluding hydrogens is 514 g/mol. The number of hydrogen-bond acceptors (Lipinski definition) is 7. The number of nitrogens with one attached hydrogen (secondary N) is 1. The molecule has 8 heteroatoms. The number of nitrogens with zero attached hydrogens (tertiary/aromatic N) is 4. The molecule has 0 amide bonds. The minimum absolute atomic E-state index is 0.249. The highest BCUT2D eigenvalue weighted by atomic mass is 16.5. The molecule has 0 saturated heterocycles. The SMILES string of the molecule is Cc1c(C(=O)c2nc3ccccc3n2CCc2ccccn2)oc2cccc(OCCCNCc3cccnc3)c12. The lowest BCUT2D eigenvalue weighted by Gasteiger charge is -2.09. The van der Waals surface area contributed by atoms with E-state index in [1.165, 1.54) is 0 Å². The zero-order valence-corrected chi connectivity index (χ0v) is 22.9. The highest BCUT2D eigenvalue weighted by molar-refractivity contribution is 6.10. The molecule has 206 valence electrons. The first-order valence-electron chi connectivity index (χ1n) is 13.8. The number of carbonyl (C=O) groups excluding carboxylic acids is 1. The quantitative estimate of drug-likeness (QED) is 0.151. The number of aryl methyl sites for hydroxylation is 3. The van der Waals surface area contributed by atoms with E-state index < -0.39 is 0 Å². The largest absolute Gasteiger partial charge is 0.493 e. The van der Waals surface area contributed by atoms with Crippen LogP contribution in [0.15, 0.2) is 95.8 Å². The Bertz CT molecular complexity index is 1780. The lowest BCUT2D eigenvalue weighted by Crippen LogP contribution is -2.17. The molecule has 6 aromatic rings. The molecule has 0 saturated carbocycles. The number of fused-ring (bicyclic) bond motifs is 2. The normalized spacial score (nSPS) is 11.3. The van der Waals surface area contributed by atoms with Crippen LogP contribution >= 0.6 is 0 Å². The average Bonchev–Trinajstić information content (AvgIpc) is 3.56. The summed E-state index contributed by atoms with van der Waals surface area (Å²) >= 11 is 0. The maximum atomic E-state index is 14.0. The fraction of sp³-hybridized carbons (Fsp3) is 0.212. The molecule has 0 bridgehead atoms. The van der Waals surface area contributed by atoms with Crippen molar-refractivity contribution in [1.29, 1.82) is 0 Å². The van der Waals surface area contributed by atoms with Crippen molar-refractivity contribution < 1.29 is 13.9 Å². The smallest absolute Gasteiger partial charge is 0.263 e. The molecule has 0 aliphatic heterocycles. The molecule has 6 rings (SSSR count). The number of aromatic nitrogens is 4. The van der Waals surface area contributed by atoms with Crippen LogP contribution in [0.1, 0.15) is 39.6 Å². The van der Waals surface area contributed by atoms with Gasteiger partial charge in [0.15, 0.2) is 11.6 Å². The Balaban J connectivity index is 1.20. The predicted octanol–water partition coefficient (Wildman–Crippen LogP) is 5.91. The van der Waals surface area contributed by atoms with Gasteiger partial charge in [0.2, 0.25) is 0 Å². The molecule has 0 atom stereocenters. The van der Waals surface area contributed by atoms with Crippen molar-refractivity contribution in [1.82, 2.24) is 24.8 Å². The summed E-state index contributed by atoms with van der Waals surface area (Å²) in [6.45, 7) is 4.59. The summed E-state index contributed by atoms with van der Waals surface area (Å²) in [5.74, 6) is 1.09. The molecule has 0 unspecified atom stereocenters. The van der Waals surface area contributed by atoms with E-state index in [2.05, 4.69) is 15.3 Å². The van der Waals surface area contributed by atoms with Crippen molar-refractivity contribution >= 4 is 27.8 Å². The molecule has 0 aliphatic carbocycles. The molecule has 41 heavy (non-hydrogen) atoms. The van der Waals surface area contributed by atoms with Crippen molar-refractivity contribution in [2.24, 2.45) is 0 Å². The van der Waals surface area contributed by atoms with E-state index in [1.807, 2.05) is 90.5 Å². The van der Waals surface area contributed by atoms with Crippen molar-refractivity contribution in [2.45, 2.75) is 32.9 Å². The molecular formula is C33H31N5O3. The van der Waals surface area contributed by atoms with Crippen molar-refractivity contribution in [3.05, 3.63) is 120 Å². The number of furan rings is 1. The molecule has 1 N–H and O–H groups in total. The van der Waals surface area contributed by atoms with E-state index in [-0.39, 0.29) is 11.5 Å². The van der Waals surface area contributed by atoms with Crippen LogP contribution in [0.4, 0.5) is 0 Å². The summed E-state index contributed by atoms with van der Waals surface area (Å²) < 4.78 is 14.3. The van der Waals surface area contributed by atoms with Gasteiger partial charge >= 0.3 is 0 Å². The van der Waals surface area contributed by atoms with Crippen molar-refractivity contribution in [3.63, 3.8) is 0 Å². The fourth-order valence-electron chi connectivity index (χ4n) is 5.07. The monoisotopic (exact) mass is 545 g/mol. The zero-order valence-electron chi connectivity index (χ0n) is 22.9. The van der Waals surface area contributed by atoms with E-state index >= 15 is 0 Å². The number of benzene rings is 2. The summed E-state index contributed by atoms with van der Waals surface area (Å²) in [5.41, 5.74) is 5.15. The average molecular weight is 546 g/mol. The molecule has 0 aliphatic rings. The summed E-state index contributed by atoms with van der Waals surface area (Å²) in [7, 11) is 0. The number of carbonyl (C=O) groups is 1. The Morgan fingerprint density at radius 3 is 2.76 bits per heavy atom. The lowest BCUT2D eigenvalue weighted by molar-refractivity contribution is 0.0997. The third-order valence-electron chi connectivity index (χ3n) is 7.10. The molecule has 0 spiro atoms.